The van der Waals surface area contributed by atoms with Gasteiger partial charge in [-0.2, -0.15) is 0 Å². The molecule has 3 N–H and O–H groups in total. The van der Waals surface area contributed by atoms with Crippen molar-refractivity contribution in [1.82, 2.24) is 10.2 Å². The number of carbonyl (C=O) groups excluding carboxylic acids is 2. The van der Waals surface area contributed by atoms with E-state index in [0.717, 1.165) is 12.8 Å². The number of urea groups is 1. The lowest BCUT2D eigenvalue weighted by molar-refractivity contribution is -0.121. The third-order valence-corrected chi connectivity index (χ3v) is 3.51. The summed E-state index contributed by atoms with van der Waals surface area (Å²) in [5, 5.41) is 2.82. The summed E-state index contributed by atoms with van der Waals surface area (Å²) in [4.78, 5) is 27.3. The van der Waals surface area contributed by atoms with Crippen molar-refractivity contribution < 1.29 is 9.59 Å². The van der Waals surface area contributed by atoms with E-state index in [9.17, 15) is 9.59 Å². The first-order chi connectivity index (χ1) is 10.1. The average Bonchev–Trinajstić information content (AvgIpc) is 2.81. The molecule has 114 valence electrons. The normalized spacial score (nSPS) is 14.6. The van der Waals surface area contributed by atoms with E-state index in [4.69, 9.17) is 5.73 Å². The molecule has 6 heteroatoms. The van der Waals surface area contributed by atoms with Crippen LogP contribution in [0.25, 0.3) is 0 Å². The second-order valence-electron chi connectivity index (χ2n) is 5.12. The summed E-state index contributed by atoms with van der Waals surface area (Å²) in [6.07, 6.45) is 1.98. The Morgan fingerprint density at radius 2 is 2.10 bits per heavy atom. The van der Waals surface area contributed by atoms with E-state index >= 15 is 0 Å². The highest BCUT2D eigenvalue weighted by atomic mass is 16.2. The summed E-state index contributed by atoms with van der Waals surface area (Å²) in [6, 6.07) is 7.09. The number of nitrogens with two attached hydrogens (primary N) is 1. The zero-order valence-electron chi connectivity index (χ0n) is 12.3. The number of rotatable bonds is 6. The lowest BCUT2D eigenvalue weighted by Crippen LogP contribution is -2.40. The van der Waals surface area contributed by atoms with Gasteiger partial charge in [0.1, 0.15) is 6.54 Å². The van der Waals surface area contributed by atoms with Crippen molar-refractivity contribution in [3.63, 3.8) is 0 Å². The highest BCUT2D eigenvalue weighted by Crippen LogP contribution is 2.25. The molecule has 1 aromatic rings. The first-order valence-electron chi connectivity index (χ1n) is 7.31. The van der Waals surface area contributed by atoms with Crippen LogP contribution in [0.1, 0.15) is 19.8 Å². The van der Waals surface area contributed by atoms with Gasteiger partial charge in [-0.15, -0.1) is 0 Å². The van der Waals surface area contributed by atoms with Gasteiger partial charge in [0.25, 0.3) is 0 Å². The lowest BCUT2D eigenvalue weighted by atomic mass is 10.2. The molecular formula is C15H22N4O2. The zero-order valence-corrected chi connectivity index (χ0v) is 12.3. The lowest BCUT2D eigenvalue weighted by Gasteiger charge is -2.19. The van der Waals surface area contributed by atoms with Crippen molar-refractivity contribution >= 4 is 23.3 Å². The maximum atomic E-state index is 12.3. The smallest absolute Gasteiger partial charge is 0.325 e. The predicted octanol–water partition coefficient (Wildman–Crippen LogP) is 1.43. The van der Waals surface area contributed by atoms with Gasteiger partial charge in [0.15, 0.2) is 0 Å². The first-order valence-corrected chi connectivity index (χ1v) is 7.31. The fourth-order valence-electron chi connectivity index (χ4n) is 2.32. The Labute approximate surface area is 124 Å². The van der Waals surface area contributed by atoms with Crippen LogP contribution in [0.3, 0.4) is 0 Å². The van der Waals surface area contributed by atoms with E-state index in [0.29, 0.717) is 31.0 Å². The molecule has 1 fully saturated rings. The standard InChI is InChI=1S/C15H22N4O2/c1-2-3-8-17-14(20)11-18-9-10-19(15(18)21)13-7-5-4-6-12(13)16/h4-7H,2-3,8-11,16H2,1H3,(H,17,20). The van der Waals surface area contributed by atoms with Crippen LogP contribution in [0.2, 0.25) is 0 Å². The van der Waals surface area contributed by atoms with Crippen LogP contribution in [0.5, 0.6) is 0 Å². The number of amides is 3. The van der Waals surface area contributed by atoms with Crippen LogP contribution in [0.4, 0.5) is 16.2 Å². The topological polar surface area (TPSA) is 78.7 Å². The molecule has 1 aliphatic heterocycles. The third kappa shape index (κ3) is 3.65. The van der Waals surface area contributed by atoms with Crippen molar-refractivity contribution in [3.8, 4) is 0 Å². The third-order valence-electron chi connectivity index (χ3n) is 3.51. The quantitative estimate of drug-likeness (QED) is 0.614. The summed E-state index contributed by atoms with van der Waals surface area (Å²) in [6.45, 7) is 3.92. The van der Waals surface area contributed by atoms with Crippen LogP contribution in [-0.2, 0) is 4.79 Å². The van der Waals surface area contributed by atoms with E-state index in [-0.39, 0.29) is 18.5 Å². The molecule has 6 nitrogen and oxygen atoms in total. The van der Waals surface area contributed by atoms with Gasteiger partial charge in [-0.3, -0.25) is 9.69 Å². The highest BCUT2D eigenvalue weighted by Gasteiger charge is 2.31. The number of hydrogen-bond donors (Lipinski definition) is 2. The van der Waals surface area contributed by atoms with Crippen molar-refractivity contribution in [2.75, 3.05) is 36.8 Å². The first kappa shape index (κ1) is 15.2. The van der Waals surface area contributed by atoms with Gasteiger partial charge >= 0.3 is 6.03 Å². The minimum absolute atomic E-state index is 0.103. The van der Waals surface area contributed by atoms with Crippen LogP contribution in [0, 0.1) is 0 Å². The number of anilines is 2. The largest absolute Gasteiger partial charge is 0.397 e. The Bertz CT molecular complexity index is 518. The van der Waals surface area contributed by atoms with Crippen LogP contribution in [-0.4, -0.2) is 43.0 Å². The van der Waals surface area contributed by atoms with E-state index in [1.165, 1.54) is 0 Å². The SMILES string of the molecule is CCCCNC(=O)CN1CCN(c2ccccc2N)C1=O. The molecule has 21 heavy (non-hydrogen) atoms. The van der Waals surface area contributed by atoms with E-state index in [1.807, 2.05) is 18.2 Å². The Hall–Kier alpha value is -2.24. The average molecular weight is 290 g/mol. The molecule has 0 atom stereocenters. The Balaban J connectivity index is 1.93. The van der Waals surface area contributed by atoms with Crippen LogP contribution in [0.15, 0.2) is 24.3 Å². The summed E-state index contributed by atoms with van der Waals surface area (Å²) >= 11 is 0. The second-order valence-corrected chi connectivity index (χ2v) is 5.12. The molecule has 1 saturated heterocycles. The predicted molar refractivity (Wildman–Crippen MR) is 83.1 cm³/mol. The molecule has 0 unspecified atom stereocenters. The Kier molecular flexibility index (Phi) is 5.03. The molecular weight excluding hydrogens is 268 g/mol. The number of benzene rings is 1. The maximum absolute atomic E-state index is 12.3. The van der Waals surface area contributed by atoms with E-state index in [1.54, 1.807) is 15.9 Å². The molecule has 0 saturated carbocycles. The number of hydrogen-bond acceptors (Lipinski definition) is 3. The van der Waals surface area contributed by atoms with E-state index < -0.39 is 0 Å². The molecule has 0 spiro atoms. The summed E-state index contributed by atoms with van der Waals surface area (Å²) in [5.41, 5.74) is 7.17. The summed E-state index contributed by atoms with van der Waals surface area (Å²) < 4.78 is 0. The fraction of sp³-hybridized carbons (Fsp3) is 0.467. The van der Waals surface area contributed by atoms with E-state index in [2.05, 4.69) is 12.2 Å². The maximum Gasteiger partial charge on any atom is 0.325 e. The Morgan fingerprint density at radius 3 is 2.81 bits per heavy atom. The minimum atomic E-state index is -0.168. The second kappa shape index (κ2) is 6.97. The Morgan fingerprint density at radius 1 is 1.33 bits per heavy atom. The van der Waals surface area contributed by atoms with Crippen LogP contribution >= 0.6 is 0 Å². The number of nitrogens with zero attached hydrogens (tertiary/aromatic N) is 2. The molecule has 0 bridgehead atoms. The molecule has 3 amide bonds. The van der Waals surface area contributed by atoms with Gasteiger partial charge < -0.3 is 16.0 Å². The summed E-state index contributed by atoms with van der Waals surface area (Å²) in [7, 11) is 0. The van der Waals surface area contributed by atoms with Gasteiger partial charge in [0.05, 0.1) is 11.4 Å². The number of nitrogen functional groups attached to an aromatic ring is 1. The van der Waals surface area contributed by atoms with Gasteiger partial charge in [-0.25, -0.2) is 4.79 Å². The van der Waals surface area contributed by atoms with Gasteiger partial charge in [0, 0.05) is 19.6 Å². The number of carbonyl (C=O) groups is 2. The highest BCUT2D eigenvalue weighted by molar-refractivity contribution is 5.98. The molecule has 1 aromatic carbocycles. The molecule has 0 radical (unpaired) electrons. The summed E-state index contributed by atoms with van der Waals surface area (Å²) in [5.74, 6) is -0.111. The van der Waals surface area contributed by atoms with Gasteiger partial charge in [-0.05, 0) is 18.6 Å². The fourth-order valence-corrected chi connectivity index (χ4v) is 2.32. The van der Waals surface area contributed by atoms with Gasteiger partial charge in [-0.1, -0.05) is 25.5 Å². The van der Waals surface area contributed by atoms with Gasteiger partial charge in [0.2, 0.25) is 5.91 Å². The number of nitrogens with one attached hydrogen (secondary N) is 1. The molecule has 2 rings (SSSR count). The molecule has 0 aliphatic carbocycles. The number of para-hydroxylation sites is 2. The molecule has 0 aromatic heterocycles. The number of unbranched alkanes of at least 4 members (excludes halogenated alkanes) is 1. The minimum Gasteiger partial charge on any atom is -0.397 e. The van der Waals surface area contributed by atoms with Crippen molar-refractivity contribution in [2.24, 2.45) is 0 Å². The monoisotopic (exact) mass is 290 g/mol. The molecule has 1 aliphatic rings. The molecule has 1 heterocycles. The van der Waals surface area contributed by atoms with Crippen LogP contribution < -0.4 is 16.0 Å². The van der Waals surface area contributed by atoms with Crippen molar-refractivity contribution in [2.45, 2.75) is 19.8 Å². The van der Waals surface area contributed by atoms with Crippen molar-refractivity contribution in [3.05, 3.63) is 24.3 Å². The van der Waals surface area contributed by atoms with Crippen molar-refractivity contribution in [1.29, 1.82) is 0 Å². The zero-order chi connectivity index (χ0) is 15.2.